The lowest BCUT2D eigenvalue weighted by Crippen LogP contribution is -2.46. The summed E-state index contributed by atoms with van der Waals surface area (Å²) < 4.78 is 7.30. The Hall–Kier alpha value is -2.15. The Morgan fingerprint density at radius 3 is 2.52 bits per heavy atom. The normalized spacial score (nSPS) is 19.1. The van der Waals surface area contributed by atoms with Crippen molar-refractivity contribution in [3.63, 3.8) is 0 Å². The van der Waals surface area contributed by atoms with E-state index in [-0.39, 0.29) is 0 Å². The van der Waals surface area contributed by atoms with Crippen LogP contribution < -0.4 is 9.64 Å². The number of imidazole rings is 1. The molecule has 7 nitrogen and oxygen atoms in total. The van der Waals surface area contributed by atoms with E-state index in [1.165, 1.54) is 12.8 Å². The molecule has 1 aliphatic heterocycles. The van der Waals surface area contributed by atoms with Gasteiger partial charge in [-0.3, -0.25) is 4.90 Å². The van der Waals surface area contributed by atoms with E-state index in [0.29, 0.717) is 18.0 Å². The van der Waals surface area contributed by atoms with Crippen molar-refractivity contribution in [3.8, 4) is 5.88 Å². The second kappa shape index (κ2) is 7.00. The van der Waals surface area contributed by atoms with Gasteiger partial charge in [-0.05, 0) is 25.7 Å². The maximum Gasteiger partial charge on any atom is 0.218 e. The van der Waals surface area contributed by atoms with E-state index in [1.54, 1.807) is 13.4 Å². The topological polar surface area (TPSA) is 59.3 Å². The average molecular weight is 342 g/mol. The average Bonchev–Trinajstić information content (AvgIpc) is 3.38. The number of nitrogens with zero attached hydrogens (tertiary/aromatic N) is 6. The molecule has 0 N–H and O–H groups in total. The Morgan fingerprint density at radius 1 is 1.12 bits per heavy atom. The summed E-state index contributed by atoms with van der Waals surface area (Å²) in [5.41, 5.74) is 1.15. The predicted octanol–water partition coefficient (Wildman–Crippen LogP) is 1.85. The smallest absolute Gasteiger partial charge is 0.218 e. The third-order valence-electron chi connectivity index (χ3n) is 5.14. The molecule has 3 heterocycles. The van der Waals surface area contributed by atoms with Crippen LogP contribution in [0.1, 0.15) is 31.4 Å². The van der Waals surface area contributed by atoms with Gasteiger partial charge >= 0.3 is 0 Å². The molecule has 0 spiro atoms. The summed E-state index contributed by atoms with van der Waals surface area (Å²) in [6, 6.07) is 3.15. The highest BCUT2D eigenvalue weighted by Crippen LogP contribution is 2.36. The summed E-state index contributed by atoms with van der Waals surface area (Å²) in [5, 5.41) is 0. The number of methoxy groups -OCH3 is 1. The molecule has 2 aliphatic rings. The third kappa shape index (κ3) is 3.76. The molecule has 1 saturated heterocycles. The highest BCUT2D eigenvalue weighted by atomic mass is 16.5. The van der Waals surface area contributed by atoms with Gasteiger partial charge in [0.15, 0.2) is 0 Å². The van der Waals surface area contributed by atoms with E-state index >= 15 is 0 Å². The highest BCUT2D eigenvalue weighted by molar-refractivity contribution is 5.45. The number of likely N-dealkylation sites (tertiary alicyclic amines) is 1. The number of anilines is 1. The number of piperidine rings is 1. The van der Waals surface area contributed by atoms with E-state index in [1.807, 2.05) is 24.0 Å². The van der Waals surface area contributed by atoms with Crippen molar-refractivity contribution >= 4 is 5.82 Å². The molecule has 1 aliphatic carbocycles. The van der Waals surface area contributed by atoms with E-state index in [2.05, 4.69) is 30.9 Å². The lowest BCUT2D eigenvalue weighted by molar-refractivity contribution is 0.198. The predicted molar refractivity (Wildman–Crippen MR) is 95.6 cm³/mol. The first-order valence-corrected chi connectivity index (χ1v) is 9.06. The molecule has 2 fully saturated rings. The molecular formula is C18H26N6O. The summed E-state index contributed by atoms with van der Waals surface area (Å²) in [4.78, 5) is 18.1. The minimum atomic E-state index is 0.548. The Balaban J connectivity index is 1.40. The SMILES string of the molecule is COc1cc(N(C2CC2)C2CCN(Cc3cn(C)cn3)CC2)ncn1. The summed E-state index contributed by atoms with van der Waals surface area (Å²) in [6.45, 7) is 3.15. The Bertz CT molecular complexity index is 705. The third-order valence-corrected chi connectivity index (χ3v) is 5.14. The van der Waals surface area contributed by atoms with Crippen molar-refractivity contribution in [1.29, 1.82) is 0 Å². The fraction of sp³-hybridized carbons (Fsp3) is 0.611. The quantitative estimate of drug-likeness (QED) is 0.798. The maximum atomic E-state index is 5.28. The number of rotatable bonds is 6. The van der Waals surface area contributed by atoms with Crippen LogP contribution in [0, 0.1) is 0 Å². The molecule has 134 valence electrons. The molecule has 0 bridgehead atoms. The Kier molecular flexibility index (Phi) is 4.57. The first kappa shape index (κ1) is 16.3. The maximum absolute atomic E-state index is 5.28. The monoisotopic (exact) mass is 342 g/mol. The molecule has 0 radical (unpaired) electrons. The van der Waals surface area contributed by atoms with Crippen LogP contribution in [0.5, 0.6) is 5.88 Å². The summed E-state index contributed by atoms with van der Waals surface area (Å²) in [6.07, 6.45) is 10.4. The van der Waals surface area contributed by atoms with E-state index < -0.39 is 0 Å². The second-order valence-electron chi connectivity index (χ2n) is 7.09. The highest BCUT2D eigenvalue weighted by Gasteiger charge is 2.36. The van der Waals surface area contributed by atoms with Crippen molar-refractivity contribution in [2.24, 2.45) is 7.05 Å². The molecule has 0 atom stereocenters. The molecule has 1 saturated carbocycles. The molecular weight excluding hydrogens is 316 g/mol. The summed E-state index contributed by atoms with van der Waals surface area (Å²) >= 11 is 0. The number of ether oxygens (including phenoxy) is 1. The zero-order chi connectivity index (χ0) is 17.2. The van der Waals surface area contributed by atoms with Crippen molar-refractivity contribution in [2.75, 3.05) is 25.1 Å². The Labute approximate surface area is 148 Å². The number of hydrogen-bond acceptors (Lipinski definition) is 6. The molecule has 7 heteroatoms. The van der Waals surface area contributed by atoms with Crippen molar-refractivity contribution < 1.29 is 4.74 Å². The van der Waals surface area contributed by atoms with Gasteiger partial charge in [0.05, 0.1) is 19.1 Å². The van der Waals surface area contributed by atoms with Gasteiger partial charge in [-0.15, -0.1) is 0 Å². The molecule has 4 rings (SSSR count). The fourth-order valence-corrected chi connectivity index (χ4v) is 3.74. The van der Waals surface area contributed by atoms with Crippen LogP contribution in [0.2, 0.25) is 0 Å². The first-order chi connectivity index (χ1) is 12.2. The van der Waals surface area contributed by atoms with Crippen LogP contribution >= 0.6 is 0 Å². The minimum Gasteiger partial charge on any atom is -0.481 e. The number of aromatic nitrogens is 4. The van der Waals surface area contributed by atoms with Crippen LogP contribution in [-0.4, -0.2) is 56.7 Å². The standard InChI is InChI=1S/C18H26N6O/c1-22-10-14(21-13-22)11-23-7-5-16(6-8-23)24(15-3-4-15)17-9-18(25-2)20-12-19-17/h9-10,12-13,15-16H,3-8,11H2,1-2H3. The molecule has 2 aromatic heterocycles. The van der Waals surface area contributed by atoms with Gasteiger partial charge in [-0.25, -0.2) is 15.0 Å². The van der Waals surface area contributed by atoms with E-state index in [9.17, 15) is 0 Å². The largest absolute Gasteiger partial charge is 0.481 e. The van der Waals surface area contributed by atoms with Crippen LogP contribution in [0.25, 0.3) is 0 Å². The van der Waals surface area contributed by atoms with Gasteiger partial charge in [0.25, 0.3) is 0 Å². The summed E-state index contributed by atoms with van der Waals surface area (Å²) in [5.74, 6) is 1.65. The zero-order valence-corrected chi connectivity index (χ0v) is 15.0. The van der Waals surface area contributed by atoms with Crippen molar-refractivity contribution in [2.45, 2.75) is 44.3 Å². The van der Waals surface area contributed by atoms with Crippen LogP contribution in [0.3, 0.4) is 0 Å². The number of hydrogen-bond donors (Lipinski definition) is 0. The van der Waals surface area contributed by atoms with E-state index in [0.717, 1.165) is 44.0 Å². The molecule has 0 unspecified atom stereocenters. The molecule has 2 aromatic rings. The summed E-state index contributed by atoms with van der Waals surface area (Å²) in [7, 11) is 3.68. The Morgan fingerprint density at radius 2 is 1.88 bits per heavy atom. The first-order valence-electron chi connectivity index (χ1n) is 9.06. The van der Waals surface area contributed by atoms with Crippen molar-refractivity contribution in [3.05, 3.63) is 30.6 Å². The molecule has 25 heavy (non-hydrogen) atoms. The fourth-order valence-electron chi connectivity index (χ4n) is 3.74. The minimum absolute atomic E-state index is 0.548. The van der Waals surface area contributed by atoms with Gasteiger partial charge in [0, 0.05) is 51.0 Å². The lowest BCUT2D eigenvalue weighted by atomic mass is 10.0. The number of aryl methyl sites for hydroxylation is 1. The van der Waals surface area contributed by atoms with Gasteiger partial charge in [-0.2, -0.15) is 0 Å². The molecule has 0 amide bonds. The van der Waals surface area contributed by atoms with E-state index in [4.69, 9.17) is 4.74 Å². The van der Waals surface area contributed by atoms with Gasteiger partial charge in [0.2, 0.25) is 5.88 Å². The van der Waals surface area contributed by atoms with Gasteiger partial charge < -0.3 is 14.2 Å². The molecule has 0 aromatic carbocycles. The van der Waals surface area contributed by atoms with Gasteiger partial charge in [0.1, 0.15) is 12.1 Å². The zero-order valence-electron chi connectivity index (χ0n) is 15.0. The van der Waals surface area contributed by atoms with Gasteiger partial charge in [-0.1, -0.05) is 0 Å². The van der Waals surface area contributed by atoms with Crippen molar-refractivity contribution in [1.82, 2.24) is 24.4 Å². The van der Waals surface area contributed by atoms with Crippen LogP contribution in [0.4, 0.5) is 5.82 Å². The lowest BCUT2D eigenvalue weighted by Gasteiger charge is -2.39. The second-order valence-corrected chi connectivity index (χ2v) is 7.09. The van der Waals surface area contributed by atoms with Crippen LogP contribution in [0.15, 0.2) is 24.9 Å². The van der Waals surface area contributed by atoms with Crippen LogP contribution in [-0.2, 0) is 13.6 Å².